The molecule has 0 aliphatic heterocycles. The van der Waals surface area contributed by atoms with Gasteiger partial charge in [-0.3, -0.25) is 4.79 Å². The Labute approximate surface area is 125 Å². The average Bonchev–Trinajstić information content (AvgIpc) is 2.33. The predicted molar refractivity (Wildman–Crippen MR) is 81.2 cm³/mol. The van der Waals surface area contributed by atoms with Crippen molar-refractivity contribution in [3.8, 4) is 0 Å². The molecule has 0 unspecified atom stereocenters. The molecule has 1 rings (SSSR count). The molecule has 0 bridgehead atoms. The van der Waals surface area contributed by atoms with Crippen molar-refractivity contribution in [1.82, 2.24) is 9.71 Å². The number of primary amides is 1. The van der Waals surface area contributed by atoms with Crippen LogP contribution in [0.2, 0.25) is 0 Å². The van der Waals surface area contributed by atoms with Gasteiger partial charge in [-0.05, 0) is 32.4 Å². The van der Waals surface area contributed by atoms with Crippen LogP contribution in [0.15, 0.2) is 23.2 Å². The van der Waals surface area contributed by atoms with E-state index in [1.165, 1.54) is 12.3 Å². The van der Waals surface area contributed by atoms with Crippen LogP contribution < -0.4 is 15.8 Å². The van der Waals surface area contributed by atoms with Crippen LogP contribution in [0.5, 0.6) is 0 Å². The number of rotatable bonds is 8. The molecule has 1 amide bonds. The highest BCUT2D eigenvalue weighted by Gasteiger charge is 2.28. The molecule has 8 heteroatoms. The number of carbonyl (C=O) groups is 1. The summed E-state index contributed by atoms with van der Waals surface area (Å²) in [6.45, 7) is 5.99. The van der Waals surface area contributed by atoms with E-state index < -0.39 is 21.5 Å². The Kier molecular flexibility index (Phi) is 5.68. The van der Waals surface area contributed by atoms with Gasteiger partial charge in [0.25, 0.3) is 0 Å². The third kappa shape index (κ3) is 5.68. The lowest BCUT2D eigenvalue weighted by Crippen LogP contribution is -2.45. The van der Waals surface area contributed by atoms with Crippen molar-refractivity contribution in [2.75, 3.05) is 11.9 Å². The fraction of sp³-hybridized carbons (Fsp3) is 0.538. The number of nitrogens with one attached hydrogen (secondary N) is 2. The Hall–Kier alpha value is -1.67. The molecule has 0 aliphatic carbocycles. The minimum atomic E-state index is -3.75. The van der Waals surface area contributed by atoms with Gasteiger partial charge in [-0.25, -0.2) is 18.1 Å². The first-order valence-electron chi connectivity index (χ1n) is 6.68. The lowest BCUT2D eigenvalue weighted by Gasteiger charge is -2.24. The highest BCUT2D eigenvalue weighted by molar-refractivity contribution is 7.89. The Morgan fingerprint density at radius 2 is 2.05 bits per heavy atom. The smallest absolute Gasteiger partial charge is 0.242 e. The summed E-state index contributed by atoms with van der Waals surface area (Å²) in [6, 6.07) is 3.07. The summed E-state index contributed by atoms with van der Waals surface area (Å²) in [5.41, 5.74) is 4.15. The van der Waals surface area contributed by atoms with E-state index in [9.17, 15) is 13.2 Å². The first-order valence-corrected chi connectivity index (χ1v) is 8.17. The molecule has 1 heterocycles. The molecule has 118 valence electrons. The van der Waals surface area contributed by atoms with Crippen LogP contribution in [0.25, 0.3) is 0 Å². The third-order valence-electron chi connectivity index (χ3n) is 2.63. The van der Waals surface area contributed by atoms with Crippen LogP contribution in [0.3, 0.4) is 0 Å². The van der Waals surface area contributed by atoms with Gasteiger partial charge in [0.15, 0.2) is 0 Å². The van der Waals surface area contributed by atoms with E-state index in [-0.39, 0.29) is 11.3 Å². The van der Waals surface area contributed by atoms with Gasteiger partial charge in [0.05, 0.1) is 0 Å². The Balaban J connectivity index is 2.85. The van der Waals surface area contributed by atoms with E-state index in [1.807, 2.05) is 6.92 Å². The molecule has 0 radical (unpaired) electrons. The van der Waals surface area contributed by atoms with Gasteiger partial charge in [-0.2, -0.15) is 0 Å². The van der Waals surface area contributed by atoms with Crippen molar-refractivity contribution in [3.05, 3.63) is 18.3 Å². The van der Waals surface area contributed by atoms with Gasteiger partial charge >= 0.3 is 0 Å². The number of aromatic nitrogens is 1. The number of hydrogen-bond donors (Lipinski definition) is 3. The van der Waals surface area contributed by atoms with Crippen molar-refractivity contribution >= 4 is 21.7 Å². The summed E-state index contributed by atoms with van der Waals surface area (Å²) in [4.78, 5) is 15.0. The molecule has 1 aromatic heterocycles. The summed E-state index contributed by atoms with van der Waals surface area (Å²) < 4.78 is 26.9. The largest absolute Gasteiger partial charge is 0.370 e. The fourth-order valence-electron chi connectivity index (χ4n) is 1.79. The topological polar surface area (TPSA) is 114 Å². The summed E-state index contributed by atoms with van der Waals surface area (Å²) in [6.07, 6.45) is 2.14. The lowest BCUT2D eigenvalue weighted by atomic mass is 10.0. The molecule has 0 atom stereocenters. The number of anilines is 1. The van der Waals surface area contributed by atoms with Crippen LogP contribution in [-0.2, 0) is 14.8 Å². The van der Waals surface area contributed by atoms with E-state index in [1.54, 1.807) is 19.9 Å². The molecule has 4 N–H and O–H groups in total. The molecule has 1 aromatic rings. The number of nitrogens with two attached hydrogens (primary N) is 1. The first-order chi connectivity index (χ1) is 9.66. The maximum Gasteiger partial charge on any atom is 0.242 e. The van der Waals surface area contributed by atoms with Crippen LogP contribution in [0.4, 0.5) is 5.82 Å². The SMILES string of the molecule is CCCNc1ccc(S(=O)(=O)NC(C)(C)CC(N)=O)cn1. The van der Waals surface area contributed by atoms with E-state index in [0.717, 1.165) is 13.0 Å². The normalized spacial score (nSPS) is 12.1. The monoisotopic (exact) mass is 314 g/mol. The minimum Gasteiger partial charge on any atom is -0.370 e. The van der Waals surface area contributed by atoms with Gasteiger partial charge in [-0.15, -0.1) is 0 Å². The molecule has 0 fully saturated rings. The summed E-state index contributed by atoms with van der Waals surface area (Å²) in [5, 5.41) is 3.06. The zero-order valence-corrected chi connectivity index (χ0v) is 13.3. The quantitative estimate of drug-likeness (QED) is 0.657. The Morgan fingerprint density at radius 1 is 1.38 bits per heavy atom. The molecular weight excluding hydrogens is 292 g/mol. The highest BCUT2D eigenvalue weighted by Crippen LogP contribution is 2.16. The van der Waals surface area contributed by atoms with Crippen molar-refractivity contribution in [2.45, 2.75) is 44.0 Å². The number of hydrogen-bond acceptors (Lipinski definition) is 5. The summed E-state index contributed by atoms with van der Waals surface area (Å²) in [5.74, 6) is 0.0483. The van der Waals surface area contributed by atoms with E-state index >= 15 is 0 Å². The van der Waals surface area contributed by atoms with Gasteiger partial charge in [0, 0.05) is 24.7 Å². The first kappa shape index (κ1) is 17.4. The molecule has 7 nitrogen and oxygen atoms in total. The summed E-state index contributed by atoms with van der Waals surface area (Å²) >= 11 is 0. The van der Waals surface area contributed by atoms with Crippen molar-refractivity contribution < 1.29 is 13.2 Å². The second-order valence-electron chi connectivity index (χ2n) is 5.44. The molecular formula is C13H22N4O3S. The van der Waals surface area contributed by atoms with Crippen LogP contribution in [0.1, 0.15) is 33.6 Å². The standard InChI is InChI=1S/C13H22N4O3S/c1-4-7-15-12-6-5-10(9-16-12)21(19,20)17-13(2,3)8-11(14)18/h5-6,9,17H,4,7-8H2,1-3H3,(H2,14,18)(H,15,16). The zero-order valence-electron chi connectivity index (χ0n) is 12.5. The van der Waals surface area contributed by atoms with Crippen LogP contribution in [0, 0.1) is 0 Å². The van der Waals surface area contributed by atoms with E-state index in [0.29, 0.717) is 5.82 Å². The molecule has 0 saturated heterocycles. The maximum atomic E-state index is 12.2. The van der Waals surface area contributed by atoms with Gasteiger partial charge in [0.2, 0.25) is 15.9 Å². The summed E-state index contributed by atoms with van der Waals surface area (Å²) in [7, 11) is -3.75. The molecule has 0 aromatic carbocycles. The van der Waals surface area contributed by atoms with Gasteiger partial charge < -0.3 is 11.1 Å². The van der Waals surface area contributed by atoms with Gasteiger partial charge in [-0.1, -0.05) is 6.92 Å². The average molecular weight is 314 g/mol. The molecule has 21 heavy (non-hydrogen) atoms. The lowest BCUT2D eigenvalue weighted by molar-refractivity contribution is -0.119. The van der Waals surface area contributed by atoms with Crippen molar-refractivity contribution in [2.24, 2.45) is 5.73 Å². The van der Waals surface area contributed by atoms with E-state index in [4.69, 9.17) is 5.73 Å². The highest BCUT2D eigenvalue weighted by atomic mass is 32.2. The second kappa shape index (κ2) is 6.86. The van der Waals surface area contributed by atoms with Crippen molar-refractivity contribution in [1.29, 1.82) is 0 Å². The molecule has 0 spiro atoms. The van der Waals surface area contributed by atoms with Crippen LogP contribution >= 0.6 is 0 Å². The Morgan fingerprint density at radius 3 is 2.52 bits per heavy atom. The second-order valence-corrected chi connectivity index (χ2v) is 7.12. The van der Waals surface area contributed by atoms with E-state index in [2.05, 4.69) is 15.0 Å². The number of nitrogens with zero attached hydrogens (tertiary/aromatic N) is 1. The fourth-order valence-corrected chi connectivity index (χ4v) is 3.15. The molecule has 0 saturated carbocycles. The predicted octanol–water partition coefficient (Wildman–Crippen LogP) is 0.836. The van der Waals surface area contributed by atoms with Crippen LogP contribution in [-0.4, -0.2) is 31.4 Å². The zero-order chi connectivity index (χ0) is 16.1. The number of carbonyl (C=O) groups excluding carboxylic acids is 1. The maximum absolute atomic E-state index is 12.2. The minimum absolute atomic E-state index is 0.0436. The number of amides is 1. The van der Waals surface area contributed by atoms with Gasteiger partial charge in [0.1, 0.15) is 10.7 Å². The Bertz CT molecular complexity index is 582. The molecule has 0 aliphatic rings. The number of sulfonamides is 1. The van der Waals surface area contributed by atoms with Crippen molar-refractivity contribution in [3.63, 3.8) is 0 Å². The number of pyridine rings is 1. The third-order valence-corrected chi connectivity index (χ3v) is 4.31.